The lowest BCUT2D eigenvalue weighted by molar-refractivity contribution is -0.215. The zero-order valence-electron chi connectivity index (χ0n) is 36.8. The summed E-state index contributed by atoms with van der Waals surface area (Å²) >= 11 is 0. The van der Waals surface area contributed by atoms with Crippen LogP contribution < -0.4 is 5.32 Å². The van der Waals surface area contributed by atoms with Crippen LogP contribution in [-0.2, 0) is 19.1 Å². The molecule has 0 spiro atoms. The predicted molar refractivity (Wildman–Crippen MR) is 218 cm³/mol. The molecular weight excluding hydrogens is 763 g/mol. The number of aliphatic hydroxyl groups excluding tert-OH is 4. The van der Waals surface area contributed by atoms with Crippen LogP contribution in [0, 0.1) is 46.3 Å². The molecule has 5 aliphatic rings. The van der Waals surface area contributed by atoms with Gasteiger partial charge >= 0.3 is 5.97 Å². The van der Waals surface area contributed by atoms with Crippen molar-refractivity contribution in [3.63, 3.8) is 0 Å². The fourth-order valence-electron chi connectivity index (χ4n) is 12.4. The maximum absolute atomic E-state index is 17.6. The van der Waals surface area contributed by atoms with E-state index in [1.165, 1.54) is 26.8 Å². The Morgan fingerprint density at radius 1 is 0.966 bits per heavy atom. The molecule has 8 N–H and O–H groups in total. The van der Waals surface area contributed by atoms with Crippen LogP contribution in [0.4, 0.5) is 4.39 Å². The molecule has 5 rings (SSSR count). The highest BCUT2D eigenvalue weighted by atomic mass is 19.1. The van der Waals surface area contributed by atoms with E-state index in [2.05, 4.69) is 5.32 Å². The van der Waals surface area contributed by atoms with E-state index in [-0.39, 0.29) is 56.9 Å². The van der Waals surface area contributed by atoms with Crippen molar-refractivity contribution in [3.8, 4) is 0 Å². The highest BCUT2D eigenvalue weighted by molar-refractivity contribution is 5.93. The van der Waals surface area contributed by atoms with E-state index in [1.807, 2.05) is 17.9 Å². The molecular formula is C45H73FN2O11. The number of aliphatic hydroxyl groups is 7. The SMILES string of the molecule is CC[C@H]1OC(=O)[C@H](C)[C@@H](O)[C@H](C)[C@@H](O)[C@](C)(O)C[C@@H](C)CN(CCCNC(=O)[C@@]2(O)[C@H](C)CC3C4CC=C5CC(=O)C=C[C@]5(C)[C@@]4(F)[C@@H](O)C[C@@]32C)[C@H](C)[C@@H](O)[C@]1(C)O. The number of amides is 1. The van der Waals surface area contributed by atoms with Crippen molar-refractivity contribution in [2.75, 3.05) is 19.6 Å². The number of esters is 1. The Balaban J connectivity index is 1.34. The van der Waals surface area contributed by atoms with Gasteiger partial charge in [0.15, 0.2) is 17.1 Å². The number of alkyl halides is 1. The minimum absolute atomic E-state index is 0.0937. The molecule has 18 atom stereocenters. The quantitative estimate of drug-likeness (QED) is 0.110. The topological polar surface area (TPSA) is 217 Å². The summed E-state index contributed by atoms with van der Waals surface area (Å²) in [5.74, 6) is -5.54. The van der Waals surface area contributed by atoms with Crippen LogP contribution in [0.25, 0.3) is 0 Å². The van der Waals surface area contributed by atoms with Crippen LogP contribution in [-0.4, -0.2) is 137 Å². The third kappa shape index (κ3) is 7.78. The Labute approximate surface area is 349 Å². The molecule has 0 aromatic carbocycles. The van der Waals surface area contributed by atoms with Gasteiger partial charge in [-0.05, 0) is 97.0 Å². The molecule has 1 heterocycles. The third-order valence-electron chi connectivity index (χ3n) is 16.2. The maximum Gasteiger partial charge on any atom is 0.311 e. The van der Waals surface area contributed by atoms with Crippen LogP contribution >= 0.6 is 0 Å². The molecule has 14 heteroatoms. The Bertz CT molecular complexity index is 1650. The average molecular weight is 837 g/mol. The van der Waals surface area contributed by atoms with Crippen LogP contribution in [0.5, 0.6) is 0 Å². The first kappa shape index (κ1) is 47.7. The van der Waals surface area contributed by atoms with Crippen LogP contribution in [0.2, 0.25) is 0 Å². The summed E-state index contributed by atoms with van der Waals surface area (Å²) in [6, 6.07) is -0.731. The standard InChI is InChI=1S/C45H73FN2O11/c1-11-34-43(10,57)37(53)28(6)48(23-24(2)21-42(9,56)36(52)26(4)35(51)27(5)38(54)59-34)18-12-17-47-39(55)45(58)25(3)19-32-31-14-13-29-20-30(49)15-16-40(29,7)44(31,46)33(50)22-41(32,45)8/h13,15-16,24-28,31-37,50-53,56-58H,11-12,14,17-23H2,1-10H3,(H,47,55)/t24-,25-,26+,27-,28-,31?,32?,33+,34-,35+,36-,37-,40+,41+,42-,43-,44+,45+/m1/s1. The second kappa shape index (κ2) is 16.8. The minimum atomic E-state index is -2.09. The molecule has 0 aromatic rings. The Hall–Kier alpha value is -2.30. The van der Waals surface area contributed by atoms with Gasteiger partial charge in [0.1, 0.15) is 17.8 Å². The molecule has 3 fully saturated rings. The minimum Gasteiger partial charge on any atom is -0.459 e. The van der Waals surface area contributed by atoms with Crippen molar-refractivity contribution in [1.82, 2.24) is 10.2 Å². The lowest BCUT2D eigenvalue weighted by Gasteiger charge is -2.61. The van der Waals surface area contributed by atoms with Crippen LogP contribution in [0.3, 0.4) is 0 Å². The summed E-state index contributed by atoms with van der Waals surface area (Å²) in [5, 5.41) is 84.4. The number of halogens is 1. The van der Waals surface area contributed by atoms with E-state index in [0.717, 1.165) is 0 Å². The van der Waals surface area contributed by atoms with E-state index in [0.29, 0.717) is 25.0 Å². The number of carbonyl (C=O) groups is 3. The lowest BCUT2D eigenvalue weighted by atomic mass is 9.45. The summed E-state index contributed by atoms with van der Waals surface area (Å²) in [6.07, 6.45) is -0.780. The monoisotopic (exact) mass is 837 g/mol. The average Bonchev–Trinajstić information content (AvgIpc) is 3.37. The summed E-state index contributed by atoms with van der Waals surface area (Å²) in [7, 11) is 0. The Morgan fingerprint density at radius 3 is 2.24 bits per heavy atom. The molecule has 1 amide bonds. The second-order valence-corrected chi connectivity index (χ2v) is 20.3. The third-order valence-corrected chi connectivity index (χ3v) is 16.2. The molecule has 0 bridgehead atoms. The molecule has 1 aliphatic heterocycles. The van der Waals surface area contributed by atoms with E-state index in [4.69, 9.17) is 4.74 Å². The number of ether oxygens (including phenoxy) is 1. The number of ketones is 1. The molecule has 0 radical (unpaired) electrons. The highest BCUT2D eigenvalue weighted by Crippen LogP contribution is 2.70. The summed E-state index contributed by atoms with van der Waals surface area (Å²) in [4.78, 5) is 41.7. The lowest BCUT2D eigenvalue weighted by Crippen LogP contribution is -2.69. The number of nitrogens with one attached hydrogen (secondary N) is 1. The van der Waals surface area contributed by atoms with Gasteiger partial charge in [-0.3, -0.25) is 19.3 Å². The Kier molecular flexibility index (Phi) is 13.6. The van der Waals surface area contributed by atoms with Crippen LogP contribution in [0.1, 0.15) is 114 Å². The first-order valence-corrected chi connectivity index (χ1v) is 21.9. The number of rotatable bonds is 6. The van der Waals surface area contributed by atoms with Crippen molar-refractivity contribution >= 4 is 17.7 Å². The number of carbonyl (C=O) groups excluding carboxylic acids is 3. The number of fused-ring (bicyclic) bond motifs is 5. The normalized spacial score (nSPS) is 50.0. The molecule has 2 unspecified atom stereocenters. The zero-order valence-corrected chi connectivity index (χ0v) is 36.8. The van der Waals surface area contributed by atoms with Crippen molar-refractivity contribution < 1.29 is 59.3 Å². The number of cyclic esters (lactones) is 1. The molecule has 336 valence electrons. The first-order chi connectivity index (χ1) is 27.2. The summed E-state index contributed by atoms with van der Waals surface area (Å²) in [5.41, 5.74) is -9.30. The van der Waals surface area contributed by atoms with Crippen LogP contribution in [0.15, 0.2) is 23.8 Å². The molecule has 0 aromatic heterocycles. The number of hydrogen-bond acceptors (Lipinski definition) is 12. The Morgan fingerprint density at radius 2 is 1.61 bits per heavy atom. The first-order valence-electron chi connectivity index (χ1n) is 21.9. The summed E-state index contributed by atoms with van der Waals surface area (Å²) in [6.45, 7) is 17.2. The van der Waals surface area contributed by atoms with Gasteiger partial charge in [-0.2, -0.15) is 0 Å². The number of allylic oxidation sites excluding steroid dienone is 4. The van der Waals surface area contributed by atoms with Gasteiger partial charge in [-0.15, -0.1) is 0 Å². The van der Waals surface area contributed by atoms with Gasteiger partial charge in [0, 0.05) is 54.8 Å². The van der Waals surface area contributed by atoms with Gasteiger partial charge in [0.05, 0.1) is 29.8 Å². The van der Waals surface area contributed by atoms with E-state index >= 15 is 4.39 Å². The second-order valence-electron chi connectivity index (χ2n) is 20.3. The van der Waals surface area contributed by atoms with E-state index in [9.17, 15) is 50.1 Å². The van der Waals surface area contributed by atoms with Crippen molar-refractivity contribution in [2.24, 2.45) is 46.3 Å². The number of nitrogens with zero attached hydrogens (tertiary/aromatic N) is 1. The highest BCUT2D eigenvalue weighted by Gasteiger charge is 2.75. The zero-order chi connectivity index (χ0) is 44.4. The predicted octanol–water partition coefficient (Wildman–Crippen LogP) is 2.75. The van der Waals surface area contributed by atoms with Crippen molar-refractivity contribution in [1.29, 1.82) is 0 Å². The van der Waals surface area contributed by atoms with Gasteiger partial charge in [-0.25, -0.2) is 4.39 Å². The van der Waals surface area contributed by atoms with Crippen molar-refractivity contribution in [3.05, 3.63) is 23.8 Å². The van der Waals surface area contributed by atoms with E-state index < -0.39 is 111 Å². The molecule has 1 saturated heterocycles. The molecule has 13 nitrogen and oxygen atoms in total. The maximum atomic E-state index is 17.6. The van der Waals surface area contributed by atoms with E-state index in [1.54, 1.807) is 47.6 Å². The molecule has 59 heavy (non-hydrogen) atoms. The smallest absolute Gasteiger partial charge is 0.311 e. The fraction of sp³-hybridized carbons (Fsp3) is 0.844. The van der Waals surface area contributed by atoms with Gasteiger partial charge in [0.2, 0.25) is 0 Å². The molecule has 4 aliphatic carbocycles. The van der Waals surface area contributed by atoms with Crippen molar-refractivity contribution in [2.45, 2.75) is 173 Å². The molecule has 2 saturated carbocycles. The fourth-order valence-corrected chi connectivity index (χ4v) is 12.4. The summed E-state index contributed by atoms with van der Waals surface area (Å²) < 4.78 is 23.3. The van der Waals surface area contributed by atoms with Gasteiger partial charge in [0.25, 0.3) is 5.91 Å². The number of hydrogen-bond donors (Lipinski definition) is 8. The van der Waals surface area contributed by atoms with Gasteiger partial charge in [-0.1, -0.05) is 52.3 Å². The van der Waals surface area contributed by atoms with Gasteiger partial charge < -0.3 is 45.8 Å². The largest absolute Gasteiger partial charge is 0.459 e.